The average Bonchev–Trinajstić information content (AvgIpc) is 2.48. The zero-order valence-corrected chi connectivity index (χ0v) is 12.6. The number of aromatic nitrogens is 1. The van der Waals surface area contributed by atoms with E-state index in [-0.39, 0.29) is 5.82 Å². The topological polar surface area (TPSA) is 37.3 Å². The van der Waals surface area contributed by atoms with E-state index in [1.54, 1.807) is 18.3 Å². The van der Waals surface area contributed by atoms with Gasteiger partial charge in [-0.2, -0.15) is 5.10 Å². The maximum Gasteiger partial charge on any atom is 0.138 e. The number of pyridine rings is 1. The number of nitrogens with zero attached hydrogens (tertiary/aromatic N) is 2. The molecule has 0 amide bonds. The lowest BCUT2D eigenvalue weighted by atomic mass is 10.1. The van der Waals surface area contributed by atoms with Gasteiger partial charge < -0.3 is 0 Å². The van der Waals surface area contributed by atoms with Crippen LogP contribution in [0.2, 0.25) is 5.15 Å². The number of anilines is 1. The SMILES string of the molecule is Cc1ccc2nc(Cl)c(/C=N/Nc3cccc(F)c3)cc2c1. The second-order valence-corrected chi connectivity index (χ2v) is 5.30. The van der Waals surface area contributed by atoms with Crippen molar-refractivity contribution in [2.75, 3.05) is 5.43 Å². The van der Waals surface area contributed by atoms with Gasteiger partial charge in [-0.05, 0) is 43.3 Å². The van der Waals surface area contributed by atoms with E-state index in [0.717, 1.165) is 16.5 Å². The molecule has 0 fully saturated rings. The fourth-order valence-corrected chi connectivity index (χ4v) is 2.31. The monoisotopic (exact) mass is 313 g/mol. The van der Waals surface area contributed by atoms with Crippen LogP contribution >= 0.6 is 11.6 Å². The Balaban J connectivity index is 1.86. The normalized spacial score (nSPS) is 11.2. The standard InChI is InChI=1S/C17H13ClFN3/c1-11-5-6-16-12(7-11)8-13(17(18)21-16)10-20-22-15-4-2-3-14(19)9-15/h2-10,22H,1H3/b20-10+. The quantitative estimate of drug-likeness (QED) is 0.429. The van der Waals surface area contributed by atoms with E-state index < -0.39 is 0 Å². The molecule has 22 heavy (non-hydrogen) atoms. The van der Waals surface area contributed by atoms with E-state index in [1.165, 1.54) is 12.1 Å². The van der Waals surface area contributed by atoms with Crippen molar-refractivity contribution in [3.8, 4) is 0 Å². The number of hydrogen-bond acceptors (Lipinski definition) is 3. The Hall–Kier alpha value is -2.46. The summed E-state index contributed by atoms with van der Waals surface area (Å²) in [6.45, 7) is 2.02. The van der Waals surface area contributed by atoms with Crippen LogP contribution in [0.25, 0.3) is 10.9 Å². The molecule has 1 N–H and O–H groups in total. The second-order valence-electron chi connectivity index (χ2n) is 4.94. The molecule has 0 atom stereocenters. The lowest BCUT2D eigenvalue weighted by molar-refractivity contribution is 0.628. The Labute approximate surface area is 132 Å². The number of benzene rings is 2. The molecule has 2 aromatic carbocycles. The number of nitrogens with one attached hydrogen (secondary N) is 1. The molecule has 0 saturated heterocycles. The highest BCUT2D eigenvalue weighted by atomic mass is 35.5. The van der Waals surface area contributed by atoms with Gasteiger partial charge in [0.1, 0.15) is 11.0 Å². The molecular weight excluding hydrogens is 301 g/mol. The summed E-state index contributed by atoms with van der Waals surface area (Å²) in [4.78, 5) is 4.34. The summed E-state index contributed by atoms with van der Waals surface area (Å²) in [6.07, 6.45) is 1.57. The third-order valence-electron chi connectivity index (χ3n) is 3.17. The van der Waals surface area contributed by atoms with Crippen molar-refractivity contribution >= 4 is 34.4 Å². The number of rotatable bonds is 3. The molecule has 3 aromatic rings. The van der Waals surface area contributed by atoms with Gasteiger partial charge in [0.2, 0.25) is 0 Å². The molecule has 1 aromatic heterocycles. The summed E-state index contributed by atoms with van der Waals surface area (Å²) in [5.74, 6) is -0.318. The van der Waals surface area contributed by atoms with Crippen LogP contribution in [0.3, 0.4) is 0 Å². The first-order chi connectivity index (χ1) is 10.6. The first-order valence-corrected chi connectivity index (χ1v) is 7.11. The molecule has 0 saturated carbocycles. The van der Waals surface area contributed by atoms with Crippen LogP contribution in [0.1, 0.15) is 11.1 Å². The van der Waals surface area contributed by atoms with Crippen molar-refractivity contribution in [1.29, 1.82) is 0 Å². The molecule has 0 spiro atoms. The third-order valence-corrected chi connectivity index (χ3v) is 3.48. The lowest BCUT2D eigenvalue weighted by Gasteiger charge is -2.03. The summed E-state index contributed by atoms with van der Waals surface area (Å²) in [7, 11) is 0. The van der Waals surface area contributed by atoms with Crippen LogP contribution in [0.4, 0.5) is 10.1 Å². The number of halogens is 2. The molecule has 1 heterocycles. The third kappa shape index (κ3) is 3.23. The Morgan fingerprint density at radius 1 is 1.18 bits per heavy atom. The van der Waals surface area contributed by atoms with E-state index in [2.05, 4.69) is 15.5 Å². The number of hydrazone groups is 1. The van der Waals surface area contributed by atoms with Gasteiger partial charge in [-0.25, -0.2) is 9.37 Å². The van der Waals surface area contributed by atoms with Gasteiger partial charge in [0.25, 0.3) is 0 Å². The molecule has 0 aliphatic carbocycles. The van der Waals surface area contributed by atoms with E-state index >= 15 is 0 Å². The van der Waals surface area contributed by atoms with Gasteiger partial charge in [-0.15, -0.1) is 0 Å². The highest BCUT2D eigenvalue weighted by molar-refractivity contribution is 6.32. The largest absolute Gasteiger partial charge is 0.278 e. The van der Waals surface area contributed by atoms with Crippen LogP contribution in [0, 0.1) is 12.7 Å². The van der Waals surface area contributed by atoms with Crippen LogP contribution < -0.4 is 5.43 Å². The minimum Gasteiger partial charge on any atom is -0.278 e. The van der Waals surface area contributed by atoms with E-state index in [4.69, 9.17) is 11.6 Å². The molecule has 0 unspecified atom stereocenters. The first kappa shape index (κ1) is 14.5. The van der Waals surface area contributed by atoms with Crippen LogP contribution in [0.15, 0.2) is 53.6 Å². The molecule has 0 aliphatic rings. The highest BCUT2D eigenvalue weighted by Crippen LogP contribution is 2.20. The van der Waals surface area contributed by atoms with Gasteiger partial charge in [-0.3, -0.25) is 5.43 Å². The Kier molecular flexibility index (Phi) is 4.02. The molecule has 0 aliphatic heterocycles. The summed E-state index contributed by atoms with van der Waals surface area (Å²) < 4.78 is 13.1. The predicted octanol–water partition coefficient (Wildman–Crippen LogP) is 4.78. The smallest absolute Gasteiger partial charge is 0.138 e. The predicted molar refractivity (Wildman–Crippen MR) is 89.1 cm³/mol. The second kappa shape index (κ2) is 6.12. The average molecular weight is 314 g/mol. The van der Waals surface area contributed by atoms with Crippen molar-refractivity contribution in [2.45, 2.75) is 6.92 Å². The zero-order valence-electron chi connectivity index (χ0n) is 11.8. The van der Waals surface area contributed by atoms with Crippen molar-refractivity contribution in [1.82, 2.24) is 4.98 Å². The lowest BCUT2D eigenvalue weighted by Crippen LogP contribution is -1.94. The van der Waals surface area contributed by atoms with Crippen LogP contribution in [0.5, 0.6) is 0 Å². The maximum atomic E-state index is 13.1. The molecule has 5 heteroatoms. The minimum atomic E-state index is -0.318. The van der Waals surface area contributed by atoms with E-state index in [9.17, 15) is 4.39 Å². The van der Waals surface area contributed by atoms with Crippen molar-refractivity contribution in [3.63, 3.8) is 0 Å². The van der Waals surface area contributed by atoms with Gasteiger partial charge >= 0.3 is 0 Å². The van der Waals surface area contributed by atoms with E-state index in [0.29, 0.717) is 16.4 Å². The molecule has 0 radical (unpaired) electrons. The fourth-order valence-electron chi connectivity index (χ4n) is 2.11. The summed E-state index contributed by atoms with van der Waals surface area (Å²) >= 11 is 6.16. The molecule has 3 rings (SSSR count). The van der Waals surface area contributed by atoms with Gasteiger partial charge in [0.15, 0.2) is 0 Å². The first-order valence-electron chi connectivity index (χ1n) is 6.73. The van der Waals surface area contributed by atoms with Gasteiger partial charge in [0, 0.05) is 10.9 Å². The molecule has 110 valence electrons. The number of fused-ring (bicyclic) bond motifs is 1. The number of aryl methyl sites for hydroxylation is 1. The van der Waals surface area contributed by atoms with Crippen molar-refractivity contribution in [3.05, 3.63) is 70.6 Å². The van der Waals surface area contributed by atoms with Crippen molar-refractivity contribution < 1.29 is 4.39 Å². The van der Waals surface area contributed by atoms with Crippen molar-refractivity contribution in [2.24, 2.45) is 5.10 Å². The maximum absolute atomic E-state index is 13.1. The Morgan fingerprint density at radius 2 is 2.05 bits per heavy atom. The molecule has 3 nitrogen and oxygen atoms in total. The summed E-state index contributed by atoms with van der Waals surface area (Å²) in [5.41, 5.74) is 6.02. The zero-order chi connectivity index (χ0) is 15.5. The molecular formula is C17H13ClFN3. The van der Waals surface area contributed by atoms with Gasteiger partial charge in [-0.1, -0.05) is 29.3 Å². The van der Waals surface area contributed by atoms with Gasteiger partial charge in [0.05, 0.1) is 17.4 Å². The van der Waals surface area contributed by atoms with E-state index in [1.807, 2.05) is 31.2 Å². The van der Waals surface area contributed by atoms with Crippen LogP contribution in [-0.2, 0) is 0 Å². The summed E-state index contributed by atoms with van der Waals surface area (Å²) in [6, 6.07) is 14.0. The molecule has 0 bridgehead atoms. The number of hydrogen-bond donors (Lipinski definition) is 1. The highest BCUT2D eigenvalue weighted by Gasteiger charge is 2.03. The Bertz CT molecular complexity index is 862. The Morgan fingerprint density at radius 3 is 2.86 bits per heavy atom. The summed E-state index contributed by atoms with van der Waals surface area (Å²) in [5, 5.41) is 5.45. The van der Waals surface area contributed by atoms with Crippen LogP contribution in [-0.4, -0.2) is 11.2 Å². The minimum absolute atomic E-state index is 0.318. The fraction of sp³-hybridized carbons (Fsp3) is 0.0588.